The average Bonchev–Trinajstić information content (AvgIpc) is 3.16. The van der Waals surface area contributed by atoms with E-state index in [0.717, 1.165) is 19.3 Å². The Labute approximate surface area is 117 Å². The molecule has 110 valence electrons. The number of hydrogen-bond donors (Lipinski definition) is 1. The molecule has 1 aromatic heterocycles. The fraction of sp³-hybridized carbons (Fsp3) is 0.692. The summed E-state index contributed by atoms with van der Waals surface area (Å²) in [6.07, 6.45) is 3.52. The predicted molar refractivity (Wildman–Crippen MR) is 71.2 cm³/mol. The summed E-state index contributed by atoms with van der Waals surface area (Å²) in [6, 6.07) is -0.189. The molecule has 1 saturated carbocycles. The number of methoxy groups -OCH3 is 1. The molecule has 0 radical (unpaired) electrons. The first-order valence-electron chi connectivity index (χ1n) is 6.91. The molecule has 0 aliphatic heterocycles. The van der Waals surface area contributed by atoms with E-state index >= 15 is 0 Å². The molecular formula is C13H20N4O3. The Morgan fingerprint density at radius 1 is 1.50 bits per heavy atom. The number of aromatic nitrogens is 3. The van der Waals surface area contributed by atoms with Crippen LogP contribution in [0, 0.1) is 0 Å². The molecule has 7 heteroatoms. The summed E-state index contributed by atoms with van der Waals surface area (Å²) in [7, 11) is 1.31. The number of hydrogen-bond acceptors (Lipinski definition) is 5. The maximum Gasteiger partial charge on any atom is 0.360 e. The van der Waals surface area contributed by atoms with E-state index in [0.29, 0.717) is 18.2 Å². The Balaban J connectivity index is 2.22. The second-order valence-corrected chi connectivity index (χ2v) is 5.03. The van der Waals surface area contributed by atoms with Gasteiger partial charge in [-0.05, 0) is 26.2 Å². The molecule has 20 heavy (non-hydrogen) atoms. The first-order valence-corrected chi connectivity index (χ1v) is 6.91. The van der Waals surface area contributed by atoms with Crippen LogP contribution in [0.3, 0.4) is 0 Å². The van der Waals surface area contributed by atoms with Crippen LogP contribution < -0.4 is 5.32 Å². The lowest BCUT2D eigenvalue weighted by Gasteiger charge is -2.14. The van der Waals surface area contributed by atoms with Crippen molar-refractivity contribution in [3.8, 4) is 0 Å². The van der Waals surface area contributed by atoms with Gasteiger partial charge >= 0.3 is 5.97 Å². The summed E-state index contributed by atoms with van der Waals surface area (Å²) in [5.74, 6) is -0.610. The molecule has 1 fully saturated rings. The Morgan fingerprint density at radius 2 is 2.20 bits per heavy atom. The van der Waals surface area contributed by atoms with Crippen molar-refractivity contribution in [3.63, 3.8) is 0 Å². The van der Waals surface area contributed by atoms with Crippen LogP contribution in [0.15, 0.2) is 0 Å². The maximum atomic E-state index is 12.1. The van der Waals surface area contributed by atoms with Crippen molar-refractivity contribution in [3.05, 3.63) is 11.4 Å². The van der Waals surface area contributed by atoms with Crippen molar-refractivity contribution in [1.82, 2.24) is 20.3 Å². The standard InChI is InChI=1S/C13H20N4O3/c1-4-5-10-11(13(19)20-3)15-16-17(10)8(2)12(18)14-9-6-7-9/h8-9H,4-7H2,1-3H3,(H,14,18). The van der Waals surface area contributed by atoms with Crippen LogP contribution in [0.4, 0.5) is 0 Å². The van der Waals surface area contributed by atoms with Crippen molar-refractivity contribution in [2.45, 2.75) is 51.6 Å². The van der Waals surface area contributed by atoms with E-state index in [1.165, 1.54) is 11.8 Å². The number of esters is 1. The molecule has 7 nitrogen and oxygen atoms in total. The van der Waals surface area contributed by atoms with Gasteiger partial charge in [-0.1, -0.05) is 18.6 Å². The Bertz CT molecular complexity index is 508. The third kappa shape index (κ3) is 2.97. The average molecular weight is 280 g/mol. The topological polar surface area (TPSA) is 86.1 Å². The summed E-state index contributed by atoms with van der Waals surface area (Å²) < 4.78 is 6.22. The van der Waals surface area contributed by atoms with Gasteiger partial charge in [0.25, 0.3) is 0 Å². The van der Waals surface area contributed by atoms with E-state index in [2.05, 4.69) is 15.6 Å². The van der Waals surface area contributed by atoms with Gasteiger partial charge in [-0.2, -0.15) is 0 Å². The van der Waals surface area contributed by atoms with Gasteiger partial charge in [0.15, 0.2) is 5.69 Å². The molecule has 1 aliphatic rings. The van der Waals surface area contributed by atoms with E-state index in [1.54, 1.807) is 6.92 Å². The number of ether oxygens (including phenoxy) is 1. The molecule has 0 aromatic carbocycles. The first kappa shape index (κ1) is 14.5. The minimum Gasteiger partial charge on any atom is -0.464 e. The lowest BCUT2D eigenvalue weighted by molar-refractivity contribution is -0.124. The highest BCUT2D eigenvalue weighted by atomic mass is 16.5. The second-order valence-electron chi connectivity index (χ2n) is 5.03. The van der Waals surface area contributed by atoms with Crippen LogP contribution >= 0.6 is 0 Å². The molecule has 0 saturated heterocycles. The summed E-state index contributed by atoms with van der Waals surface area (Å²) in [6.45, 7) is 3.75. The van der Waals surface area contributed by atoms with Gasteiger partial charge in [0, 0.05) is 6.04 Å². The van der Waals surface area contributed by atoms with Crippen molar-refractivity contribution >= 4 is 11.9 Å². The van der Waals surface area contributed by atoms with Gasteiger partial charge in [0.1, 0.15) is 6.04 Å². The summed E-state index contributed by atoms with van der Waals surface area (Å²) >= 11 is 0. The zero-order chi connectivity index (χ0) is 14.7. The summed E-state index contributed by atoms with van der Waals surface area (Å²) in [4.78, 5) is 23.7. The number of nitrogens with zero attached hydrogens (tertiary/aromatic N) is 3. The van der Waals surface area contributed by atoms with Crippen LogP contribution in [-0.4, -0.2) is 40.0 Å². The molecule has 1 N–H and O–H groups in total. The number of carbonyl (C=O) groups excluding carboxylic acids is 2. The molecule has 1 aliphatic carbocycles. The van der Waals surface area contributed by atoms with E-state index in [4.69, 9.17) is 4.74 Å². The minimum atomic E-state index is -0.519. The Hall–Kier alpha value is -1.92. The highest BCUT2D eigenvalue weighted by Gasteiger charge is 2.29. The predicted octanol–water partition coefficient (Wildman–Crippen LogP) is 0.857. The largest absolute Gasteiger partial charge is 0.464 e. The highest BCUT2D eigenvalue weighted by molar-refractivity contribution is 5.88. The quantitative estimate of drug-likeness (QED) is 0.781. The van der Waals surface area contributed by atoms with Crippen molar-refractivity contribution in [2.24, 2.45) is 0 Å². The molecule has 1 heterocycles. The van der Waals surface area contributed by atoms with Crippen LogP contribution in [-0.2, 0) is 16.0 Å². The molecule has 0 bridgehead atoms. The highest BCUT2D eigenvalue weighted by Crippen LogP contribution is 2.21. The minimum absolute atomic E-state index is 0.0915. The van der Waals surface area contributed by atoms with E-state index in [-0.39, 0.29) is 11.6 Å². The maximum absolute atomic E-state index is 12.1. The van der Waals surface area contributed by atoms with Gasteiger partial charge in [-0.15, -0.1) is 5.10 Å². The summed E-state index contributed by atoms with van der Waals surface area (Å²) in [5, 5.41) is 10.7. The number of rotatable bonds is 6. The van der Waals surface area contributed by atoms with Crippen LogP contribution in [0.25, 0.3) is 0 Å². The SMILES string of the molecule is CCCc1c(C(=O)OC)nnn1C(C)C(=O)NC1CC1. The normalized spacial score (nSPS) is 15.8. The molecule has 1 aromatic rings. The zero-order valence-corrected chi connectivity index (χ0v) is 12.0. The van der Waals surface area contributed by atoms with Crippen molar-refractivity contribution < 1.29 is 14.3 Å². The zero-order valence-electron chi connectivity index (χ0n) is 12.0. The summed E-state index contributed by atoms with van der Waals surface area (Å²) in [5.41, 5.74) is 0.846. The van der Waals surface area contributed by atoms with Gasteiger partial charge < -0.3 is 10.1 Å². The van der Waals surface area contributed by atoms with Gasteiger partial charge in [0.05, 0.1) is 12.8 Å². The van der Waals surface area contributed by atoms with Gasteiger partial charge in [-0.25, -0.2) is 9.48 Å². The monoisotopic (exact) mass is 280 g/mol. The first-order chi connectivity index (χ1) is 9.58. The van der Waals surface area contributed by atoms with E-state index in [9.17, 15) is 9.59 Å². The van der Waals surface area contributed by atoms with Gasteiger partial charge in [-0.3, -0.25) is 4.79 Å². The van der Waals surface area contributed by atoms with Crippen LogP contribution in [0.1, 0.15) is 55.3 Å². The second kappa shape index (κ2) is 6.02. The van der Waals surface area contributed by atoms with Gasteiger partial charge in [0.2, 0.25) is 5.91 Å². The molecule has 1 atom stereocenters. The third-order valence-corrected chi connectivity index (χ3v) is 3.33. The van der Waals surface area contributed by atoms with Crippen molar-refractivity contribution in [2.75, 3.05) is 7.11 Å². The number of carbonyl (C=O) groups is 2. The van der Waals surface area contributed by atoms with Crippen LogP contribution in [0.2, 0.25) is 0 Å². The van der Waals surface area contributed by atoms with E-state index in [1.807, 2.05) is 6.92 Å². The molecule has 2 rings (SSSR count). The smallest absolute Gasteiger partial charge is 0.360 e. The molecule has 1 unspecified atom stereocenters. The third-order valence-electron chi connectivity index (χ3n) is 3.33. The molecular weight excluding hydrogens is 260 g/mol. The lowest BCUT2D eigenvalue weighted by atomic mass is 10.2. The van der Waals surface area contributed by atoms with Crippen molar-refractivity contribution in [1.29, 1.82) is 0 Å². The number of amides is 1. The van der Waals surface area contributed by atoms with Crippen LogP contribution in [0.5, 0.6) is 0 Å². The fourth-order valence-electron chi connectivity index (χ4n) is 2.01. The Kier molecular flexibility index (Phi) is 4.36. The van der Waals surface area contributed by atoms with E-state index < -0.39 is 12.0 Å². The Morgan fingerprint density at radius 3 is 2.75 bits per heavy atom. The molecule has 1 amide bonds. The lowest BCUT2D eigenvalue weighted by Crippen LogP contribution is -2.33. The molecule has 0 spiro atoms. The number of nitrogens with one attached hydrogen (secondary N) is 1. The fourth-order valence-corrected chi connectivity index (χ4v) is 2.01.